The van der Waals surface area contributed by atoms with E-state index < -0.39 is 18.0 Å². The number of fused-ring (bicyclic) bond motifs is 2. The van der Waals surface area contributed by atoms with Gasteiger partial charge < -0.3 is 10.1 Å². The molecular weight excluding hydrogens is 344 g/mol. The van der Waals surface area contributed by atoms with Gasteiger partial charge in [0.15, 0.2) is 11.8 Å². The summed E-state index contributed by atoms with van der Waals surface area (Å²) in [4.78, 5) is 24.7. The first-order valence-electron chi connectivity index (χ1n) is 8.40. The van der Waals surface area contributed by atoms with Crippen LogP contribution < -0.4 is 5.32 Å². The fraction of sp³-hybridized carbons (Fsp3) is 0.100. The summed E-state index contributed by atoms with van der Waals surface area (Å²) in [5.41, 5.74) is 1.58. The van der Waals surface area contributed by atoms with Crippen LogP contribution in [-0.4, -0.2) is 32.6 Å². The van der Waals surface area contributed by atoms with Crippen LogP contribution in [0.15, 0.2) is 67.1 Å². The number of carbonyl (C=O) groups excluding carboxylic acids is 2. The van der Waals surface area contributed by atoms with Crippen molar-refractivity contribution in [2.75, 3.05) is 5.32 Å². The number of amides is 1. The van der Waals surface area contributed by atoms with Crippen molar-refractivity contribution in [3.63, 3.8) is 0 Å². The van der Waals surface area contributed by atoms with Gasteiger partial charge in [-0.15, -0.1) is 10.2 Å². The van der Waals surface area contributed by atoms with Crippen LogP contribution in [0.4, 0.5) is 5.69 Å². The molecule has 4 rings (SSSR count). The molecule has 0 saturated heterocycles. The lowest BCUT2D eigenvalue weighted by Gasteiger charge is -2.14. The van der Waals surface area contributed by atoms with Crippen molar-refractivity contribution in [3.05, 3.63) is 72.7 Å². The van der Waals surface area contributed by atoms with Crippen molar-refractivity contribution in [3.8, 4) is 0 Å². The zero-order chi connectivity index (χ0) is 18.8. The van der Waals surface area contributed by atoms with Gasteiger partial charge in [0.2, 0.25) is 0 Å². The van der Waals surface area contributed by atoms with Crippen molar-refractivity contribution in [1.82, 2.24) is 14.6 Å². The van der Waals surface area contributed by atoms with Crippen LogP contribution in [0.3, 0.4) is 0 Å². The highest BCUT2D eigenvalue weighted by Crippen LogP contribution is 2.19. The van der Waals surface area contributed by atoms with E-state index in [9.17, 15) is 9.59 Å². The maximum atomic E-state index is 12.4. The minimum absolute atomic E-state index is 0.313. The Morgan fingerprint density at radius 2 is 1.89 bits per heavy atom. The summed E-state index contributed by atoms with van der Waals surface area (Å²) in [5, 5.41) is 12.5. The van der Waals surface area contributed by atoms with E-state index in [1.165, 1.54) is 13.3 Å². The number of hydrogen-bond donors (Lipinski definition) is 1. The van der Waals surface area contributed by atoms with Gasteiger partial charge in [0.05, 0.1) is 5.56 Å². The molecule has 1 atom stereocenters. The highest BCUT2D eigenvalue weighted by Gasteiger charge is 2.19. The average molecular weight is 360 g/mol. The van der Waals surface area contributed by atoms with E-state index in [2.05, 4.69) is 15.5 Å². The third kappa shape index (κ3) is 3.48. The molecule has 0 aliphatic carbocycles. The number of rotatable bonds is 4. The highest BCUT2D eigenvalue weighted by atomic mass is 16.5. The Labute approximate surface area is 154 Å². The van der Waals surface area contributed by atoms with Crippen LogP contribution >= 0.6 is 0 Å². The molecule has 0 fully saturated rings. The molecule has 134 valence electrons. The van der Waals surface area contributed by atoms with E-state index in [0.717, 1.165) is 10.8 Å². The van der Waals surface area contributed by atoms with Crippen molar-refractivity contribution in [1.29, 1.82) is 0 Å². The minimum Gasteiger partial charge on any atom is -0.449 e. The molecule has 0 bridgehead atoms. The standard InChI is InChI=1S/C20H16N4O3/c1-13(27-20(26)16-7-9-18-23-21-12-24(18)11-16)19(25)22-17-8-6-14-4-2-3-5-15(14)10-17/h2-13H,1H3,(H,22,25). The number of nitrogens with zero attached hydrogens (tertiary/aromatic N) is 3. The predicted molar refractivity (Wildman–Crippen MR) is 100 cm³/mol. The van der Waals surface area contributed by atoms with Gasteiger partial charge in [0.25, 0.3) is 5.91 Å². The molecular formula is C20H16N4O3. The fourth-order valence-electron chi connectivity index (χ4n) is 2.74. The van der Waals surface area contributed by atoms with E-state index >= 15 is 0 Å². The average Bonchev–Trinajstić information content (AvgIpc) is 3.15. The number of benzene rings is 2. The summed E-state index contributed by atoms with van der Waals surface area (Å²) >= 11 is 0. The fourth-order valence-corrected chi connectivity index (χ4v) is 2.74. The molecule has 2 aromatic heterocycles. The van der Waals surface area contributed by atoms with Gasteiger partial charge in [0, 0.05) is 11.9 Å². The van der Waals surface area contributed by atoms with Crippen molar-refractivity contribution >= 4 is 34.0 Å². The Hall–Kier alpha value is -3.74. The van der Waals surface area contributed by atoms with Crippen LogP contribution in [0.2, 0.25) is 0 Å². The van der Waals surface area contributed by atoms with Crippen LogP contribution in [0, 0.1) is 0 Å². The number of aromatic nitrogens is 3. The Kier molecular flexibility index (Phi) is 4.25. The number of pyridine rings is 1. The summed E-state index contributed by atoms with van der Waals surface area (Å²) in [6.45, 7) is 1.53. The Bertz CT molecular complexity index is 1150. The summed E-state index contributed by atoms with van der Waals surface area (Å²) < 4.78 is 6.89. The van der Waals surface area contributed by atoms with E-state index in [4.69, 9.17) is 4.74 Å². The van der Waals surface area contributed by atoms with Crippen LogP contribution in [0.5, 0.6) is 0 Å². The molecule has 7 heteroatoms. The maximum absolute atomic E-state index is 12.4. The first-order chi connectivity index (χ1) is 13.1. The summed E-state index contributed by atoms with van der Waals surface area (Å²) in [7, 11) is 0. The van der Waals surface area contributed by atoms with Gasteiger partial charge in [-0.05, 0) is 42.0 Å². The predicted octanol–water partition coefficient (Wildman–Crippen LogP) is 3.07. The number of ether oxygens (including phenoxy) is 1. The van der Waals surface area contributed by atoms with Gasteiger partial charge in [-0.2, -0.15) is 0 Å². The second-order valence-electron chi connectivity index (χ2n) is 6.11. The molecule has 1 amide bonds. The molecule has 2 aromatic carbocycles. The largest absolute Gasteiger partial charge is 0.449 e. The minimum atomic E-state index is -0.944. The molecule has 1 N–H and O–H groups in total. The molecule has 0 aliphatic heterocycles. The molecule has 1 unspecified atom stereocenters. The molecule has 0 aliphatic rings. The van der Waals surface area contributed by atoms with Gasteiger partial charge >= 0.3 is 5.97 Å². The molecule has 4 aromatic rings. The molecule has 0 radical (unpaired) electrons. The van der Waals surface area contributed by atoms with Gasteiger partial charge in [-0.25, -0.2) is 4.79 Å². The van der Waals surface area contributed by atoms with Gasteiger partial charge in [-0.1, -0.05) is 30.3 Å². The van der Waals surface area contributed by atoms with Crippen LogP contribution in [-0.2, 0) is 9.53 Å². The SMILES string of the molecule is CC(OC(=O)c1ccc2nncn2c1)C(=O)Nc1ccc2ccccc2c1. The molecule has 2 heterocycles. The second kappa shape index (κ2) is 6.87. The number of esters is 1. The van der Waals surface area contributed by atoms with Crippen molar-refractivity contribution < 1.29 is 14.3 Å². The van der Waals surface area contributed by atoms with Crippen molar-refractivity contribution in [2.24, 2.45) is 0 Å². The number of hydrogen-bond acceptors (Lipinski definition) is 5. The third-order valence-electron chi connectivity index (χ3n) is 4.20. The monoisotopic (exact) mass is 360 g/mol. The molecule has 0 saturated carbocycles. The Morgan fingerprint density at radius 3 is 2.74 bits per heavy atom. The summed E-state index contributed by atoms with van der Waals surface area (Å²) in [6.07, 6.45) is 2.11. The highest BCUT2D eigenvalue weighted by molar-refractivity contribution is 5.98. The lowest BCUT2D eigenvalue weighted by Crippen LogP contribution is -2.30. The van der Waals surface area contributed by atoms with Gasteiger partial charge in [0.1, 0.15) is 6.33 Å². The van der Waals surface area contributed by atoms with E-state index in [-0.39, 0.29) is 0 Å². The third-order valence-corrected chi connectivity index (χ3v) is 4.20. The number of nitrogens with one attached hydrogen (secondary N) is 1. The molecule has 0 spiro atoms. The second-order valence-corrected chi connectivity index (χ2v) is 6.11. The first kappa shape index (κ1) is 16.7. The number of anilines is 1. The zero-order valence-corrected chi connectivity index (χ0v) is 14.5. The Morgan fingerprint density at radius 1 is 1.07 bits per heavy atom. The maximum Gasteiger partial charge on any atom is 0.340 e. The molecule has 7 nitrogen and oxygen atoms in total. The summed E-state index contributed by atoms with van der Waals surface area (Å²) in [6, 6.07) is 16.7. The van der Waals surface area contributed by atoms with Crippen molar-refractivity contribution in [2.45, 2.75) is 13.0 Å². The summed E-state index contributed by atoms with van der Waals surface area (Å²) in [5.74, 6) is -0.990. The lowest BCUT2D eigenvalue weighted by molar-refractivity contribution is -0.123. The van der Waals surface area contributed by atoms with Crippen LogP contribution in [0.25, 0.3) is 16.4 Å². The lowest BCUT2D eigenvalue weighted by atomic mass is 10.1. The van der Waals surface area contributed by atoms with E-state index in [1.807, 2.05) is 42.5 Å². The van der Waals surface area contributed by atoms with E-state index in [1.54, 1.807) is 22.7 Å². The number of carbonyl (C=O) groups is 2. The quantitative estimate of drug-likeness (QED) is 0.565. The zero-order valence-electron chi connectivity index (χ0n) is 14.5. The first-order valence-corrected chi connectivity index (χ1v) is 8.40. The molecule has 27 heavy (non-hydrogen) atoms. The normalized spacial score (nSPS) is 12.0. The Balaban J connectivity index is 1.44. The topological polar surface area (TPSA) is 85.6 Å². The van der Waals surface area contributed by atoms with Gasteiger partial charge in [-0.3, -0.25) is 9.20 Å². The van der Waals surface area contributed by atoms with E-state index in [0.29, 0.717) is 16.9 Å². The smallest absolute Gasteiger partial charge is 0.340 e. The van der Waals surface area contributed by atoms with Crippen LogP contribution in [0.1, 0.15) is 17.3 Å².